The van der Waals surface area contributed by atoms with E-state index in [1.165, 1.54) is 0 Å². The number of anilines is 1. The minimum absolute atomic E-state index is 0.214. The number of H-pyrrole nitrogens is 1. The van der Waals surface area contributed by atoms with Crippen molar-refractivity contribution in [3.8, 4) is 0 Å². The second-order valence-electron chi connectivity index (χ2n) is 5.81. The van der Waals surface area contributed by atoms with Gasteiger partial charge in [0.2, 0.25) is 5.95 Å². The number of benzene rings is 1. The lowest BCUT2D eigenvalue weighted by atomic mass is 10.1. The van der Waals surface area contributed by atoms with Gasteiger partial charge in [0.25, 0.3) is 5.91 Å². The molecule has 0 saturated heterocycles. The summed E-state index contributed by atoms with van der Waals surface area (Å²) in [6.07, 6.45) is 0.802. The first-order valence-electron chi connectivity index (χ1n) is 7.31. The van der Waals surface area contributed by atoms with Crippen LogP contribution in [0, 0.1) is 5.92 Å². The first kappa shape index (κ1) is 14.3. The lowest BCUT2D eigenvalue weighted by molar-refractivity contribution is 0.101. The number of hydrogen-bond acceptors (Lipinski definition) is 3. The van der Waals surface area contributed by atoms with Gasteiger partial charge >= 0.3 is 0 Å². The van der Waals surface area contributed by atoms with Gasteiger partial charge in [-0.05, 0) is 18.1 Å². The molecule has 0 radical (unpaired) electrons. The number of para-hydroxylation sites is 1. The quantitative estimate of drug-likeness (QED) is 0.777. The number of rotatable bonds is 4. The van der Waals surface area contributed by atoms with Crippen molar-refractivity contribution in [1.29, 1.82) is 0 Å². The maximum atomic E-state index is 12.4. The van der Waals surface area contributed by atoms with Crippen LogP contribution in [0.15, 0.2) is 30.3 Å². The third-order valence-corrected chi connectivity index (χ3v) is 3.54. The topological polar surface area (TPSA) is 75.6 Å². The lowest BCUT2D eigenvalue weighted by Gasteiger charge is -2.03. The molecular formula is C16H19N5O. The fraction of sp³-hybridized carbons (Fsp3) is 0.312. The van der Waals surface area contributed by atoms with Crippen molar-refractivity contribution in [1.82, 2.24) is 19.7 Å². The molecule has 0 saturated carbocycles. The zero-order valence-electron chi connectivity index (χ0n) is 12.9. The number of fused-ring (bicyclic) bond motifs is 1. The van der Waals surface area contributed by atoms with Crippen LogP contribution in [0.25, 0.3) is 10.9 Å². The largest absolute Gasteiger partial charge is 0.340 e. The smallest absolute Gasteiger partial charge is 0.274 e. The van der Waals surface area contributed by atoms with Crippen molar-refractivity contribution in [2.45, 2.75) is 20.3 Å². The summed E-state index contributed by atoms with van der Waals surface area (Å²) in [6.45, 7) is 4.21. The molecule has 22 heavy (non-hydrogen) atoms. The summed E-state index contributed by atoms with van der Waals surface area (Å²) in [7, 11) is 1.87. The van der Waals surface area contributed by atoms with Crippen LogP contribution < -0.4 is 5.32 Å². The van der Waals surface area contributed by atoms with Crippen LogP contribution >= 0.6 is 0 Å². The van der Waals surface area contributed by atoms with Gasteiger partial charge in [-0.25, -0.2) is 0 Å². The van der Waals surface area contributed by atoms with Crippen LogP contribution in [-0.4, -0.2) is 25.7 Å². The number of nitrogens with one attached hydrogen (secondary N) is 2. The number of aryl methyl sites for hydroxylation is 1. The minimum Gasteiger partial charge on any atom is -0.340 e. The highest BCUT2D eigenvalue weighted by Gasteiger charge is 2.15. The number of aromatic nitrogens is 4. The van der Waals surface area contributed by atoms with Crippen LogP contribution in [0.1, 0.15) is 30.2 Å². The van der Waals surface area contributed by atoms with E-state index >= 15 is 0 Å². The third-order valence-electron chi connectivity index (χ3n) is 3.54. The van der Waals surface area contributed by atoms with Gasteiger partial charge in [0.1, 0.15) is 11.5 Å². The molecule has 6 nitrogen and oxygen atoms in total. The Morgan fingerprint density at radius 1 is 1.36 bits per heavy atom. The maximum absolute atomic E-state index is 12.4. The van der Waals surface area contributed by atoms with Crippen molar-refractivity contribution >= 4 is 22.8 Å². The summed E-state index contributed by atoms with van der Waals surface area (Å²) in [5.41, 5.74) is 1.60. The van der Waals surface area contributed by atoms with Crippen molar-refractivity contribution in [2.24, 2.45) is 13.0 Å². The first-order valence-corrected chi connectivity index (χ1v) is 7.31. The van der Waals surface area contributed by atoms with Crippen molar-refractivity contribution in [2.75, 3.05) is 5.32 Å². The maximum Gasteiger partial charge on any atom is 0.274 e. The fourth-order valence-electron chi connectivity index (χ4n) is 2.50. The number of hydrogen-bond donors (Lipinski definition) is 2. The van der Waals surface area contributed by atoms with E-state index in [4.69, 9.17) is 0 Å². The van der Waals surface area contributed by atoms with Crippen molar-refractivity contribution in [3.63, 3.8) is 0 Å². The van der Waals surface area contributed by atoms with Gasteiger partial charge in [-0.3, -0.25) is 15.2 Å². The number of carbonyl (C=O) groups is 1. The molecule has 1 amide bonds. The Labute approximate surface area is 128 Å². The van der Waals surface area contributed by atoms with E-state index in [9.17, 15) is 4.79 Å². The SMILES string of the molecule is CC(C)Cc1nc(NC(=O)c2cc3ccccc3n2C)n[nH]1. The summed E-state index contributed by atoms with van der Waals surface area (Å²) in [5, 5.41) is 10.7. The highest BCUT2D eigenvalue weighted by molar-refractivity contribution is 6.05. The monoisotopic (exact) mass is 297 g/mol. The molecule has 6 heteroatoms. The van der Waals surface area contributed by atoms with Crippen LogP contribution in [0.4, 0.5) is 5.95 Å². The number of nitrogens with zero attached hydrogens (tertiary/aromatic N) is 3. The van der Waals surface area contributed by atoms with Gasteiger partial charge in [0, 0.05) is 24.4 Å². The molecule has 2 heterocycles. The fourth-order valence-corrected chi connectivity index (χ4v) is 2.50. The van der Waals surface area contributed by atoms with E-state index in [1.807, 2.05) is 41.9 Å². The minimum atomic E-state index is -0.214. The van der Waals surface area contributed by atoms with Crippen LogP contribution in [0.3, 0.4) is 0 Å². The van der Waals surface area contributed by atoms with Crippen molar-refractivity contribution in [3.05, 3.63) is 41.9 Å². The van der Waals surface area contributed by atoms with Gasteiger partial charge in [0.05, 0.1) is 0 Å². The number of aromatic amines is 1. The van der Waals surface area contributed by atoms with E-state index in [1.54, 1.807) is 0 Å². The normalized spacial score (nSPS) is 11.3. The predicted molar refractivity (Wildman–Crippen MR) is 85.8 cm³/mol. The molecule has 0 fully saturated rings. The summed E-state index contributed by atoms with van der Waals surface area (Å²) in [5.74, 6) is 1.36. The molecule has 114 valence electrons. The Bertz CT molecular complexity index is 815. The molecule has 0 spiro atoms. The summed E-state index contributed by atoms with van der Waals surface area (Å²) >= 11 is 0. The molecular weight excluding hydrogens is 278 g/mol. The van der Waals surface area contributed by atoms with Crippen LogP contribution in [0.2, 0.25) is 0 Å². The summed E-state index contributed by atoms with van der Waals surface area (Å²) < 4.78 is 1.87. The average molecular weight is 297 g/mol. The zero-order valence-corrected chi connectivity index (χ0v) is 12.9. The Hall–Kier alpha value is -2.63. The van der Waals surface area contributed by atoms with E-state index in [0.717, 1.165) is 23.1 Å². The molecule has 0 aliphatic heterocycles. The standard InChI is InChI=1S/C16H19N5O/c1-10(2)8-14-17-16(20-19-14)18-15(22)13-9-11-6-4-5-7-12(11)21(13)3/h4-7,9-10H,8H2,1-3H3,(H2,17,18,19,20,22). The van der Waals surface area contributed by atoms with Gasteiger partial charge in [-0.15, -0.1) is 5.10 Å². The van der Waals surface area contributed by atoms with E-state index < -0.39 is 0 Å². The molecule has 0 bridgehead atoms. The van der Waals surface area contributed by atoms with Crippen LogP contribution in [-0.2, 0) is 13.5 Å². The molecule has 3 rings (SSSR count). The molecule has 2 aromatic heterocycles. The first-order chi connectivity index (χ1) is 10.5. The zero-order chi connectivity index (χ0) is 15.7. The molecule has 0 aliphatic carbocycles. The van der Waals surface area contributed by atoms with Gasteiger partial charge in [0.15, 0.2) is 0 Å². The lowest BCUT2D eigenvalue weighted by Crippen LogP contribution is -2.16. The Balaban J connectivity index is 1.81. The summed E-state index contributed by atoms with van der Waals surface area (Å²) in [6, 6.07) is 9.75. The molecule has 0 atom stereocenters. The van der Waals surface area contributed by atoms with E-state index in [0.29, 0.717) is 17.6 Å². The van der Waals surface area contributed by atoms with Crippen molar-refractivity contribution < 1.29 is 4.79 Å². The highest BCUT2D eigenvalue weighted by Crippen LogP contribution is 2.19. The van der Waals surface area contributed by atoms with Gasteiger partial charge in [-0.1, -0.05) is 32.0 Å². The van der Waals surface area contributed by atoms with Gasteiger partial charge in [-0.2, -0.15) is 4.98 Å². The molecule has 2 N–H and O–H groups in total. The summed E-state index contributed by atoms with van der Waals surface area (Å²) in [4.78, 5) is 16.7. The van der Waals surface area contributed by atoms with Gasteiger partial charge < -0.3 is 4.57 Å². The van der Waals surface area contributed by atoms with E-state index in [-0.39, 0.29) is 5.91 Å². The molecule has 1 aromatic carbocycles. The van der Waals surface area contributed by atoms with E-state index in [2.05, 4.69) is 34.3 Å². The van der Waals surface area contributed by atoms with Crippen LogP contribution in [0.5, 0.6) is 0 Å². The Morgan fingerprint density at radius 3 is 2.86 bits per heavy atom. The Kier molecular flexibility index (Phi) is 3.66. The number of carbonyl (C=O) groups excluding carboxylic acids is 1. The second kappa shape index (κ2) is 5.63. The Morgan fingerprint density at radius 2 is 2.14 bits per heavy atom. The highest BCUT2D eigenvalue weighted by atomic mass is 16.2. The predicted octanol–water partition coefficient (Wildman–Crippen LogP) is 2.75. The number of amides is 1. The second-order valence-corrected chi connectivity index (χ2v) is 5.81. The molecule has 0 aliphatic rings. The average Bonchev–Trinajstić information content (AvgIpc) is 3.04. The molecule has 0 unspecified atom stereocenters. The molecule has 3 aromatic rings. The third kappa shape index (κ3) is 2.72.